The van der Waals surface area contributed by atoms with Gasteiger partial charge in [0.2, 0.25) is 11.8 Å². The Morgan fingerprint density at radius 2 is 2.22 bits per heavy atom. The predicted molar refractivity (Wildman–Crippen MR) is 69.0 cm³/mol. The van der Waals surface area contributed by atoms with Gasteiger partial charge in [-0.25, -0.2) is 0 Å². The first-order chi connectivity index (χ1) is 8.61. The van der Waals surface area contributed by atoms with E-state index in [9.17, 15) is 9.59 Å². The smallest absolute Gasteiger partial charge is 0.241 e. The molecule has 1 N–H and O–H groups in total. The molecule has 0 radical (unpaired) electrons. The SMILES string of the molecule is CCC1CCNC(C(=O)N2CCN(C)C(=O)C2)C1. The molecule has 2 rings (SSSR count). The van der Waals surface area contributed by atoms with Crippen molar-refractivity contribution in [1.29, 1.82) is 0 Å². The van der Waals surface area contributed by atoms with Gasteiger partial charge in [0.25, 0.3) is 0 Å². The fourth-order valence-electron chi connectivity index (χ4n) is 2.72. The number of hydrogen-bond donors (Lipinski definition) is 1. The highest BCUT2D eigenvalue weighted by atomic mass is 16.2. The molecule has 0 aromatic heterocycles. The topological polar surface area (TPSA) is 52.7 Å². The van der Waals surface area contributed by atoms with E-state index in [2.05, 4.69) is 12.2 Å². The molecule has 0 aliphatic carbocycles. The van der Waals surface area contributed by atoms with Crippen LogP contribution in [-0.2, 0) is 9.59 Å². The highest BCUT2D eigenvalue weighted by Gasteiger charge is 2.32. The molecule has 0 spiro atoms. The lowest BCUT2D eigenvalue weighted by molar-refractivity contribution is -0.145. The van der Waals surface area contributed by atoms with Crippen molar-refractivity contribution in [2.24, 2.45) is 5.92 Å². The van der Waals surface area contributed by atoms with E-state index in [-0.39, 0.29) is 24.4 Å². The van der Waals surface area contributed by atoms with Gasteiger partial charge in [-0.15, -0.1) is 0 Å². The number of carbonyl (C=O) groups excluding carboxylic acids is 2. The van der Waals surface area contributed by atoms with Crippen molar-refractivity contribution in [2.75, 3.05) is 33.2 Å². The van der Waals surface area contributed by atoms with Crippen LogP contribution in [0.3, 0.4) is 0 Å². The minimum atomic E-state index is -0.0834. The number of rotatable bonds is 2. The number of likely N-dealkylation sites (N-methyl/N-ethyl adjacent to an activating group) is 1. The summed E-state index contributed by atoms with van der Waals surface area (Å²) in [5, 5.41) is 3.29. The van der Waals surface area contributed by atoms with Crippen LogP contribution in [0.1, 0.15) is 26.2 Å². The molecule has 5 heteroatoms. The first-order valence-corrected chi connectivity index (χ1v) is 6.88. The number of hydrogen-bond acceptors (Lipinski definition) is 3. The second-order valence-electron chi connectivity index (χ2n) is 5.38. The molecule has 2 atom stereocenters. The molecule has 2 saturated heterocycles. The van der Waals surface area contributed by atoms with Crippen molar-refractivity contribution in [2.45, 2.75) is 32.2 Å². The first kappa shape index (κ1) is 13.3. The van der Waals surface area contributed by atoms with Gasteiger partial charge in [0.05, 0.1) is 12.6 Å². The molecule has 2 amide bonds. The average molecular weight is 253 g/mol. The molecule has 2 aliphatic heterocycles. The third-order valence-corrected chi connectivity index (χ3v) is 4.16. The zero-order chi connectivity index (χ0) is 13.1. The second-order valence-corrected chi connectivity index (χ2v) is 5.38. The summed E-state index contributed by atoms with van der Waals surface area (Å²) >= 11 is 0. The third-order valence-electron chi connectivity index (χ3n) is 4.16. The van der Waals surface area contributed by atoms with Crippen molar-refractivity contribution >= 4 is 11.8 Å². The van der Waals surface area contributed by atoms with Crippen molar-refractivity contribution < 1.29 is 9.59 Å². The molecule has 2 heterocycles. The van der Waals surface area contributed by atoms with Gasteiger partial charge in [0, 0.05) is 20.1 Å². The molecule has 2 unspecified atom stereocenters. The van der Waals surface area contributed by atoms with E-state index in [1.165, 1.54) is 0 Å². The van der Waals surface area contributed by atoms with Crippen molar-refractivity contribution in [3.8, 4) is 0 Å². The van der Waals surface area contributed by atoms with Crippen LogP contribution < -0.4 is 5.32 Å². The molecule has 18 heavy (non-hydrogen) atoms. The largest absolute Gasteiger partial charge is 0.342 e. The fourth-order valence-corrected chi connectivity index (χ4v) is 2.72. The molecule has 2 fully saturated rings. The Morgan fingerprint density at radius 1 is 1.44 bits per heavy atom. The minimum Gasteiger partial charge on any atom is -0.342 e. The van der Waals surface area contributed by atoms with Gasteiger partial charge >= 0.3 is 0 Å². The summed E-state index contributed by atoms with van der Waals surface area (Å²) < 4.78 is 0. The average Bonchev–Trinajstić information content (AvgIpc) is 2.41. The molecular weight excluding hydrogens is 230 g/mol. The monoisotopic (exact) mass is 253 g/mol. The van der Waals surface area contributed by atoms with Crippen LogP contribution >= 0.6 is 0 Å². The quantitative estimate of drug-likeness (QED) is 0.757. The lowest BCUT2D eigenvalue weighted by Gasteiger charge is -2.36. The van der Waals surface area contributed by atoms with Crippen molar-refractivity contribution in [3.05, 3.63) is 0 Å². The van der Waals surface area contributed by atoms with Crippen LogP contribution in [0, 0.1) is 5.92 Å². The molecule has 2 aliphatic rings. The predicted octanol–water partition coefficient (Wildman–Crippen LogP) is 0.0652. The fraction of sp³-hybridized carbons (Fsp3) is 0.846. The highest BCUT2D eigenvalue weighted by molar-refractivity contribution is 5.88. The standard InChI is InChI=1S/C13H23N3O2/c1-3-10-4-5-14-11(8-10)13(18)16-7-6-15(2)12(17)9-16/h10-11,14H,3-9H2,1-2H3. The number of carbonyl (C=O) groups is 2. The molecule has 0 aromatic rings. The van der Waals surface area contributed by atoms with Crippen LogP contribution in [0.4, 0.5) is 0 Å². The Kier molecular flexibility index (Phi) is 4.22. The second kappa shape index (κ2) is 5.69. The van der Waals surface area contributed by atoms with Gasteiger partial charge in [-0.1, -0.05) is 13.3 Å². The van der Waals surface area contributed by atoms with Gasteiger partial charge in [-0.05, 0) is 25.3 Å². The Morgan fingerprint density at radius 3 is 2.89 bits per heavy atom. The lowest BCUT2D eigenvalue weighted by Crippen LogP contribution is -2.56. The van der Waals surface area contributed by atoms with Gasteiger partial charge in [-0.2, -0.15) is 0 Å². The van der Waals surface area contributed by atoms with E-state index < -0.39 is 0 Å². The van der Waals surface area contributed by atoms with Crippen LogP contribution in [0.2, 0.25) is 0 Å². The maximum absolute atomic E-state index is 12.4. The maximum atomic E-state index is 12.4. The van der Waals surface area contributed by atoms with Crippen molar-refractivity contribution in [3.63, 3.8) is 0 Å². The summed E-state index contributed by atoms with van der Waals surface area (Å²) in [4.78, 5) is 27.4. The van der Waals surface area contributed by atoms with Gasteiger partial charge in [0.15, 0.2) is 0 Å². The number of piperazine rings is 1. The summed E-state index contributed by atoms with van der Waals surface area (Å²) in [6.07, 6.45) is 3.20. The van der Waals surface area contributed by atoms with Crippen LogP contribution in [-0.4, -0.2) is 60.9 Å². The van der Waals surface area contributed by atoms with E-state index >= 15 is 0 Å². The summed E-state index contributed by atoms with van der Waals surface area (Å²) in [7, 11) is 1.79. The summed E-state index contributed by atoms with van der Waals surface area (Å²) in [5.74, 6) is 0.787. The number of piperidine rings is 1. The zero-order valence-corrected chi connectivity index (χ0v) is 11.3. The molecule has 0 aromatic carbocycles. The minimum absolute atomic E-state index is 0.0393. The zero-order valence-electron chi connectivity index (χ0n) is 11.3. The van der Waals surface area contributed by atoms with Crippen LogP contribution in [0.15, 0.2) is 0 Å². The van der Waals surface area contributed by atoms with Crippen LogP contribution in [0.5, 0.6) is 0 Å². The van der Waals surface area contributed by atoms with Crippen molar-refractivity contribution in [1.82, 2.24) is 15.1 Å². The van der Waals surface area contributed by atoms with E-state index in [4.69, 9.17) is 0 Å². The Hall–Kier alpha value is -1.10. The van der Waals surface area contributed by atoms with E-state index in [0.29, 0.717) is 19.0 Å². The van der Waals surface area contributed by atoms with Crippen LogP contribution in [0.25, 0.3) is 0 Å². The Bertz CT molecular complexity index is 332. The Labute approximate surface area is 108 Å². The molecule has 0 saturated carbocycles. The normalized spacial score (nSPS) is 29.6. The Balaban J connectivity index is 1.92. The summed E-state index contributed by atoms with van der Waals surface area (Å²) in [6, 6.07) is -0.0834. The van der Waals surface area contributed by atoms with E-state index in [1.807, 2.05) is 0 Å². The van der Waals surface area contributed by atoms with Gasteiger partial charge in [-0.3, -0.25) is 9.59 Å². The third kappa shape index (κ3) is 2.83. The molecule has 0 bridgehead atoms. The summed E-state index contributed by atoms with van der Waals surface area (Å²) in [5.41, 5.74) is 0. The number of nitrogens with one attached hydrogen (secondary N) is 1. The molecular formula is C13H23N3O2. The van der Waals surface area contributed by atoms with Gasteiger partial charge in [0.1, 0.15) is 0 Å². The molecule has 102 valence electrons. The maximum Gasteiger partial charge on any atom is 0.241 e. The van der Waals surface area contributed by atoms with Gasteiger partial charge < -0.3 is 15.1 Å². The first-order valence-electron chi connectivity index (χ1n) is 6.88. The van der Waals surface area contributed by atoms with E-state index in [1.54, 1.807) is 16.8 Å². The summed E-state index contributed by atoms with van der Waals surface area (Å²) in [6.45, 7) is 4.64. The number of amides is 2. The highest BCUT2D eigenvalue weighted by Crippen LogP contribution is 2.20. The lowest BCUT2D eigenvalue weighted by atomic mass is 9.90. The van der Waals surface area contributed by atoms with E-state index in [0.717, 1.165) is 25.8 Å². The molecule has 5 nitrogen and oxygen atoms in total. The number of nitrogens with zero attached hydrogens (tertiary/aromatic N) is 2.